The highest BCUT2D eigenvalue weighted by Gasteiger charge is 2.31. The molecule has 2 aromatic carbocycles. The van der Waals surface area contributed by atoms with Gasteiger partial charge < -0.3 is 4.90 Å². The van der Waals surface area contributed by atoms with Gasteiger partial charge in [0.15, 0.2) is 5.78 Å². The minimum atomic E-state index is -3.61. The van der Waals surface area contributed by atoms with E-state index in [0.717, 1.165) is 19.3 Å². The minimum absolute atomic E-state index is 0.0884. The van der Waals surface area contributed by atoms with Crippen LogP contribution >= 0.6 is 0 Å². The van der Waals surface area contributed by atoms with Crippen LogP contribution in [0.3, 0.4) is 0 Å². The largest absolute Gasteiger partial charge is 0.339 e. The summed E-state index contributed by atoms with van der Waals surface area (Å²) in [4.78, 5) is 27.8. The van der Waals surface area contributed by atoms with Crippen molar-refractivity contribution in [1.29, 1.82) is 0 Å². The molecular formula is C25H30N2O4S. The summed E-state index contributed by atoms with van der Waals surface area (Å²) >= 11 is 0. The molecule has 2 fully saturated rings. The summed E-state index contributed by atoms with van der Waals surface area (Å²) in [6, 6.07) is 14.2. The van der Waals surface area contributed by atoms with Gasteiger partial charge in [0, 0.05) is 43.2 Å². The summed E-state index contributed by atoms with van der Waals surface area (Å²) in [6.45, 7) is 3.81. The van der Waals surface area contributed by atoms with Crippen molar-refractivity contribution in [1.82, 2.24) is 9.21 Å². The third kappa shape index (κ3) is 4.64. The standard InChI is InChI=1S/C25H30N2O4S/c1-19-10-11-22(18-23(19)32(30,31)27-14-6-3-7-15-27)25(29)26-16-12-21(13-17-26)24(28)20-8-4-2-5-9-20/h2,4-5,8-11,18,21H,3,6-7,12-17H2,1H3. The van der Waals surface area contributed by atoms with Crippen LogP contribution in [0.1, 0.15) is 58.4 Å². The number of hydrogen-bond acceptors (Lipinski definition) is 4. The summed E-state index contributed by atoms with van der Waals surface area (Å²) in [6.07, 6.45) is 4.02. The van der Waals surface area contributed by atoms with Gasteiger partial charge >= 0.3 is 0 Å². The van der Waals surface area contributed by atoms with Crippen LogP contribution in [0.2, 0.25) is 0 Å². The number of Topliss-reactive ketones (excluding diaryl/α,β-unsaturated/α-hetero) is 1. The molecule has 0 bridgehead atoms. The quantitative estimate of drug-likeness (QED) is 0.642. The number of rotatable bonds is 5. The number of hydrogen-bond donors (Lipinski definition) is 0. The van der Waals surface area contributed by atoms with E-state index < -0.39 is 10.0 Å². The van der Waals surface area contributed by atoms with Gasteiger partial charge in [-0.1, -0.05) is 42.8 Å². The van der Waals surface area contributed by atoms with Crippen molar-refractivity contribution < 1.29 is 18.0 Å². The SMILES string of the molecule is Cc1ccc(C(=O)N2CCC(C(=O)c3ccccc3)CC2)cc1S(=O)(=O)N1CCCCC1. The maximum Gasteiger partial charge on any atom is 0.253 e. The average molecular weight is 455 g/mol. The molecule has 4 rings (SSSR count). The highest BCUT2D eigenvalue weighted by molar-refractivity contribution is 7.89. The van der Waals surface area contributed by atoms with Crippen molar-refractivity contribution in [2.24, 2.45) is 5.92 Å². The van der Waals surface area contributed by atoms with Crippen molar-refractivity contribution in [3.8, 4) is 0 Å². The lowest BCUT2D eigenvalue weighted by molar-refractivity contribution is 0.0650. The van der Waals surface area contributed by atoms with Crippen LogP contribution in [-0.4, -0.2) is 55.5 Å². The molecule has 2 aromatic rings. The van der Waals surface area contributed by atoms with Crippen LogP contribution in [0, 0.1) is 12.8 Å². The second kappa shape index (κ2) is 9.55. The van der Waals surface area contributed by atoms with Gasteiger partial charge in [0.2, 0.25) is 10.0 Å². The fourth-order valence-corrected chi connectivity index (χ4v) is 6.39. The first kappa shape index (κ1) is 22.7. The fraction of sp³-hybridized carbons (Fsp3) is 0.440. The molecule has 32 heavy (non-hydrogen) atoms. The third-order valence-electron chi connectivity index (χ3n) is 6.58. The Balaban J connectivity index is 1.46. The Morgan fingerprint density at radius 1 is 0.844 bits per heavy atom. The molecule has 2 aliphatic rings. The molecule has 0 aromatic heterocycles. The number of carbonyl (C=O) groups is 2. The van der Waals surface area contributed by atoms with Crippen molar-refractivity contribution in [3.05, 3.63) is 65.2 Å². The number of nitrogens with zero attached hydrogens (tertiary/aromatic N) is 2. The molecule has 6 nitrogen and oxygen atoms in total. The van der Waals surface area contributed by atoms with Crippen molar-refractivity contribution in [2.45, 2.75) is 43.9 Å². The first-order valence-electron chi connectivity index (χ1n) is 11.4. The molecule has 0 spiro atoms. The fourth-order valence-electron chi connectivity index (χ4n) is 4.62. The molecule has 0 saturated carbocycles. The Kier molecular flexibility index (Phi) is 6.76. The van der Waals surface area contributed by atoms with Crippen molar-refractivity contribution >= 4 is 21.7 Å². The topological polar surface area (TPSA) is 74.8 Å². The Labute approximate surface area is 190 Å². The molecule has 7 heteroatoms. The number of sulfonamides is 1. The van der Waals surface area contributed by atoms with Gasteiger partial charge in [-0.25, -0.2) is 8.42 Å². The van der Waals surface area contributed by atoms with E-state index in [1.807, 2.05) is 30.3 Å². The average Bonchev–Trinajstić information content (AvgIpc) is 2.84. The zero-order valence-corrected chi connectivity index (χ0v) is 19.3. The van der Waals surface area contributed by atoms with E-state index in [0.29, 0.717) is 55.7 Å². The number of aryl methyl sites for hydroxylation is 1. The number of likely N-dealkylation sites (tertiary alicyclic amines) is 1. The molecule has 170 valence electrons. The van der Waals surface area contributed by atoms with E-state index in [1.54, 1.807) is 24.0 Å². The predicted molar refractivity (Wildman–Crippen MR) is 123 cm³/mol. The predicted octanol–water partition coefficient (Wildman–Crippen LogP) is 3.90. The van der Waals surface area contributed by atoms with E-state index in [1.165, 1.54) is 10.4 Å². The van der Waals surface area contributed by atoms with E-state index in [2.05, 4.69) is 0 Å². The highest BCUT2D eigenvalue weighted by atomic mass is 32.2. The first-order valence-corrected chi connectivity index (χ1v) is 12.8. The first-order chi connectivity index (χ1) is 15.4. The summed E-state index contributed by atoms with van der Waals surface area (Å²) in [5, 5.41) is 0. The highest BCUT2D eigenvalue weighted by Crippen LogP contribution is 2.27. The van der Waals surface area contributed by atoms with E-state index in [9.17, 15) is 18.0 Å². The summed E-state index contributed by atoms with van der Waals surface area (Å²) in [7, 11) is -3.61. The molecule has 0 radical (unpaired) electrons. The second-order valence-corrected chi connectivity index (χ2v) is 10.6. The number of carbonyl (C=O) groups excluding carboxylic acids is 2. The maximum atomic E-state index is 13.2. The van der Waals surface area contributed by atoms with Gasteiger partial charge in [0.1, 0.15) is 0 Å². The van der Waals surface area contributed by atoms with E-state index in [4.69, 9.17) is 0 Å². The molecule has 2 saturated heterocycles. The number of amides is 1. The van der Waals surface area contributed by atoms with Crippen LogP contribution in [0.25, 0.3) is 0 Å². The van der Waals surface area contributed by atoms with E-state index >= 15 is 0 Å². The van der Waals surface area contributed by atoms with Crippen LogP contribution < -0.4 is 0 Å². The van der Waals surface area contributed by atoms with Gasteiger partial charge in [0.05, 0.1) is 4.90 Å². The monoisotopic (exact) mass is 454 g/mol. The van der Waals surface area contributed by atoms with Crippen LogP contribution in [0.15, 0.2) is 53.4 Å². The molecule has 0 aliphatic carbocycles. The van der Waals surface area contributed by atoms with Gasteiger partial charge in [-0.2, -0.15) is 4.31 Å². The second-order valence-electron chi connectivity index (χ2n) is 8.74. The smallest absolute Gasteiger partial charge is 0.253 e. The molecule has 2 heterocycles. The minimum Gasteiger partial charge on any atom is -0.339 e. The van der Waals surface area contributed by atoms with Crippen molar-refractivity contribution in [2.75, 3.05) is 26.2 Å². The lowest BCUT2D eigenvalue weighted by atomic mass is 9.88. The Morgan fingerprint density at radius 2 is 1.50 bits per heavy atom. The van der Waals surface area contributed by atoms with Crippen LogP contribution in [-0.2, 0) is 10.0 Å². The number of piperidine rings is 2. The Hall–Kier alpha value is -2.51. The molecule has 2 aliphatic heterocycles. The van der Waals surface area contributed by atoms with Gasteiger partial charge in [0.25, 0.3) is 5.91 Å². The molecule has 0 atom stereocenters. The molecule has 1 amide bonds. The molecular weight excluding hydrogens is 424 g/mol. The van der Waals surface area contributed by atoms with Gasteiger partial charge in [-0.15, -0.1) is 0 Å². The maximum absolute atomic E-state index is 13.2. The Bertz CT molecular complexity index is 1080. The normalized spacial score (nSPS) is 18.5. The van der Waals surface area contributed by atoms with Crippen LogP contribution in [0.4, 0.5) is 0 Å². The third-order valence-corrected chi connectivity index (χ3v) is 8.62. The summed E-state index contributed by atoms with van der Waals surface area (Å²) < 4.78 is 27.9. The zero-order chi connectivity index (χ0) is 22.7. The molecule has 0 unspecified atom stereocenters. The summed E-state index contributed by atoms with van der Waals surface area (Å²) in [5.74, 6) is -0.136. The van der Waals surface area contributed by atoms with Crippen LogP contribution in [0.5, 0.6) is 0 Å². The number of benzene rings is 2. The number of ketones is 1. The van der Waals surface area contributed by atoms with Gasteiger partial charge in [-0.3, -0.25) is 9.59 Å². The van der Waals surface area contributed by atoms with Gasteiger partial charge in [-0.05, 0) is 50.3 Å². The summed E-state index contributed by atoms with van der Waals surface area (Å²) in [5.41, 5.74) is 1.75. The zero-order valence-electron chi connectivity index (χ0n) is 18.5. The van der Waals surface area contributed by atoms with Crippen molar-refractivity contribution in [3.63, 3.8) is 0 Å². The molecule has 0 N–H and O–H groups in total. The lowest BCUT2D eigenvalue weighted by Crippen LogP contribution is -2.40. The van der Waals surface area contributed by atoms with E-state index in [-0.39, 0.29) is 22.5 Å². The Morgan fingerprint density at radius 3 is 2.16 bits per heavy atom. The lowest BCUT2D eigenvalue weighted by Gasteiger charge is -2.31.